The number of guanidine groups is 1. The Kier molecular flexibility index (Phi) is 8.95. The minimum Gasteiger partial charge on any atom is -0.459 e. The standard InChI is InChI=1S/C23H32N4O2S.HI/c1-16-19-5-3-4-6-20(19)29-21(16)15-25-23(24-2)26-18-9-7-17(8-10-18)22(28)27-11-13-30-14-12-27;/h3-6,17-18H,7-15H2,1-2H3,(H2,24,25,26);1H. The number of carbonyl (C=O) groups is 1. The van der Waals surface area contributed by atoms with Gasteiger partial charge in [0.15, 0.2) is 5.96 Å². The number of fused-ring (bicyclic) bond motifs is 1. The van der Waals surface area contributed by atoms with Crippen molar-refractivity contribution in [2.24, 2.45) is 10.9 Å². The molecule has 2 N–H and O–H groups in total. The van der Waals surface area contributed by atoms with E-state index in [2.05, 4.69) is 33.5 Å². The molecule has 8 heteroatoms. The maximum absolute atomic E-state index is 12.8. The number of nitrogens with one attached hydrogen (secondary N) is 2. The molecule has 0 atom stereocenters. The molecule has 31 heavy (non-hydrogen) atoms. The summed E-state index contributed by atoms with van der Waals surface area (Å²) in [4.78, 5) is 19.2. The van der Waals surface area contributed by atoms with E-state index in [9.17, 15) is 4.79 Å². The van der Waals surface area contributed by atoms with Crippen LogP contribution in [0.3, 0.4) is 0 Å². The van der Waals surface area contributed by atoms with Gasteiger partial charge in [0, 0.05) is 54.6 Å². The van der Waals surface area contributed by atoms with E-state index in [1.807, 2.05) is 30.0 Å². The molecule has 4 rings (SSSR count). The van der Waals surface area contributed by atoms with Gasteiger partial charge in [0.05, 0.1) is 6.54 Å². The highest BCUT2D eigenvalue weighted by Gasteiger charge is 2.30. The Labute approximate surface area is 206 Å². The van der Waals surface area contributed by atoms with E-state index in [0.717, 1.165) is 73.0 Å². The van der Waals surface area contributed by atoms with E-state index in [0.29, 0.717) is 18.5 Å². The number of hydrogen-bond donors (Lipinski definition) is 2. The van der Waals surface area contributed by atoms with Crippen molar-refractivity contribution in [3.8, 4) is 0 Å². The maximum atomic E-state index is 12.8. The van der Waals surface area contributed by atoms with E-state index in [1.165, 1.54) is 5.56 Å². The number of hydrogen-bond acceptors (Lipinski definition) is 4. The Hall–Kier alpha value is -1.42. The van der Waals surface area contributed by atoms with Gasteiger partial charge in [-0.3, -0.25) is 9.79 Å². The Morgan fingerprint density at radius 3 is 2.58 bits per heavy atom. The number of thioether (sulfide) groups is 1. The van der Waals surface area contributed by atoms with Gasteiger partial charge in [-0.1, -0.05) is 18.2 Å². The van der Waals surface area contributed by atoms with Gasteiger partial charge in [0.25, 0.3) is 0 Å². The number of para-hydroxylation sites is 1. The van der Waals surface area contributed by atoms with Crippen molar-refractivity contribution in [1.29, 1.82) is 0 Å². The number of aryl methyl sites for hydroxylation is 1. The Balaban J connectivity index is 0.00000272. The minimum atomic E-state index is 0. The van der Waals surface area contributed by atoms with Crippen LogP contribution in [0.25, 0.3) is 11.0 Å². The normalized spacial score (nSPS) is 22.1. The second kappa shape index (κ2) is 11.4. The number of amides is 1. The summed E-state index contributed by atoms with van der Waals surface area (Å²) in [6.07, 6.45) is 3.92. The first-order valence-electron chi connectivity index (χ1n) is 11.0. The van der Waals surface area contributed by atoms with Crippen molar-refractivity contribution < 1.29 is 9.21 Å². The molecule has 2 aliphatic rings. The third-order valence-corrected chi connectivity index (χ3v) is 7.26. The van der Waals surface area contributed by atoms with Crippen molar-refractivity contribution >= 4 is 58.6 Å². The van der Waals surface area contributed by atoms with E-state index in [4.69, 9.17) is 4.42 Å². The van der Waals surface area contributed by atoms with Crippen LogP contribution in [0.4, 0.5) is 0 Å². The maximum Gasteiger partial charge on any atom is 0.225 e. The molecule has 1 amide bonds. The van der Waals surface area contributed by atoms with E-state index < -0.39 is 0 Å². The second-order valence-electron chi connectivity index (χ2n) is 8.20. The molecule has 6 nitrogen and oxygen atoms in total. The molecule has 2 fully saturated rings. The zero-order valence-corrected chi connectivity index (χ0v) is 21.5. The number of benzene rings is 1. The molecule has 0 radical (unpaired) electrons. The zero-order valence-electron chi connectivity index (χ0n) is 18.4. The third-order valence-electron chi connectivity index (χ3n) is 6.32. The van der Waals surface area contributed by atoms with Crippen molar-refractivity contribution in [3.05, 3.63) is 35.6 Å². The molecule has 170 valence electrons. The van der Waals surface area contributed by atoms with Gasteiger partial charge in [-0.15, -0.1) is 24.0 Å². The molecule has 0 bridgehead atoms. The predicted molar refractivity (Wildman–Crippen MR) is 139 cm³/mol. The van der Waals surface area contributed by atoms with Crippen molar-refractivity contribution in [2.75, 3.05) is 31.6 Å². The van der Waals surface area contributed by atoms with Gasteiger partial charge in [-0.25, -0.2) is 0 Å². The van der Waals surface area contributed by atoms with Crippen LogP contribution in [-0.2, 0) is 11.3 Å². The third kappa shape index (κ3) is 5.88. The fraction of sp³-hybridized carbons (Fsp3) is 0.565. The summed E-state index contributed by atoms with van der Waals surface area (Å²) >= 11 is 1.95. The Morgan fingerprint density at radius 1 is 1.19 bits per heavy atom. The number of aliphatic imine (C=N–C) groups is 1. The summed E-state index contributed by atoms with van der Waals surface area (Å²) < 4.78 is 5.99. The lowest BCUT2D eigenvalue weighted by Gasteiger charge is -2.34. The smallest absolute Gasteiger partial charge is 0.225 e. The average molecular weight is 557 g/mol. The van der Waals surface area contributed by atoms with Crippen molar-refractivity contribution in [2.45, 2.75) is 45.2 Å². The van der Waals surface area contributed by atoms with Crippen molar-refractivity contribution in [1.82, 2.24) is 15.5 Å². The van der Waals surface area contributed by atoms with Crippen LogP contribution < -0.4 is 10.6 Å². The SMILES string of the molecule is CN=C(NCc1oc2ccccc2c1C)NC1CCC(C(=O)N2CCSCC2)CC1.I. The van der Waals surface area contributed by atoms with Gasteiger partial charge < -0.3 is 20.0 Å². The minimum absolute atomic E-state index is 0. The summed E-state index contributed by atoms with van der Waals surface area (Å²) in [5.74, 6) is 4.45. The molecule has 1 saturated carbocycles. The molecule has 0 unspecified atom stereocenters. The molecule has 2 heterocycles. The van der Waals surface area contributed by atoms with Gasteiger partial charge in [0.2, 0.25) is 5.91 Å². The molecular formula is C23H33IN4O2S. The summed E-state index contributed by atoms with van der Waals surface area (Å²) in [5.41, 5.74) is 2.09. The van der Waals surface area contributed by atoms with Crippen LogP contribution in [0.15, 0.2) is 33.7 Å². The Bertz CT molecular complexity index is 902. The molecule has 1 aliphatic heterocycles. The van der Waals surface area contributed by atoms with Crippen LogP contribution in [-0.4, -0.2) is 54.5 Å². The predicted octanol–water partition coefficient (Wildman–Crippen LogP) is 4.16. The lowest BCUT2D eigenvalue weighted by molar-refractivity contribution is -0.136. The number of furan rings is 1. The summed E-state index contributed by atoms with van der Waals surface area (Å²) in [7, 11) is 1.80. The van der Waals surface area contributed by atoms with E-state index in [1.54, 1.807) is 7.05 Å². The van der Waals surface area contributed by atoms with Crippen LogP contribution in [0.1, 0.15) is 37.0 Å². The van der Waals surface area contributed by atoms with Crippen LogP contribution >= 0.6 is 35.7 Å². The summed E-state index contributed by atoms with van der Waals surface area (Å²) in [6, 6.07) is 8.48. The highest BCUT2D eigenvalue weighted by Crippen LogP contribution is 2.27. The molecule has 1 aliphatic carbocycles. The molecule has 2 aromatic rings. The van der Waals surface area contributed by atoms with Gasteiger partial charge in [0.1, 0.15) is 11.3 Å². The first kappa shape index (κ1) is 24.2. The first-order chi connectivity index (χ1) is 14.7. The monoisotopic (exact) mass is 556 g/mol. The number of rotatable bonds is 4. The van der Waals surface area contributed by atoms with Crippen molar-refractivity contribution in [3.63, 3.8) is 0 Å². The lowest BCUT2D eigenvalue weighted by atomic mass is 9.85. The molecule has 1 aromatic carbocycles. The highest BCUT2D eigenvalue weighted by atomic mass is 127. The molecule has 1 aromatic heterocycles. The van der Waals surface area contributed by atoms with E-state index in [-0.39, 0.29) is 29.9 Å². The quantitative estimate of drug-likeness (QED) is 0.337. The topological polar surface area (TPSA) is 69.9 Å². The average Bonchev–Trinajstić information content (AvgIpc) is 3.13. The number of nitrogens with zero attached hydrogens (tertiary/aromatic N) is 2. The molecular weight excluding hydrogens is 523 g/mol. The number of carbonyl (C=O) groups excluding carboxylic acids is 1. The summed E-state index contributed by atoms with van der Waals surface area (Å²) in [6.45, 7) is 4.53. The fourth-order valence-electron chi connectivity index (χ4n) is 4.47. The molecule has 0 spiro atoms. The highest BCUT2D eigenvalue weighted by molar-refractivity contribution is 14.0. The second-order valence-corrected chi connectivity index (χ2v) is 9.43. The number of halogens is 1. The van der Waals surface area contributed by atoms with Gasteiger partial charge >= 0.3 is 0 Å². The van der Waals surface area contributed by atoms with Gasteiger partial charge in [-0.2, -0.15) is 11.8 Å². The largest absolute Gasteiger partial charge is 0.459 e. The Morgan fingerprint density at radius 2 is 1.90 bits per heavy atom. The van der Waals surface area contributed by atoms with Crippen LogP contribution in [0, 0.1) is 12.8 Å². The van der Waals surface area contributed by atoms with E-state index >= 15 is 0 Å². The van der Waals surface area contributed by atoms with Gasteiger partial charge in [-0.05, 0) is 38.7 Å². The fourth-order valence-corrected chi connectivity index (χ4v) is 5.38. The zero-order chi connectivity index (χ0) is 20.9. The first-order valence-corrected chi connectivity index (χ1v) is 12.1. The van der Waals surface area contributed by atoms with Crippen LogP contribution in [0.2, 0.25) is 0 Å². The molecule has 1 saturated heterocycles. The summed E-state index contributed by atoms with van der Waals surface area (Å²) in [5, 5.41) is 8.08. The van der Waals surface area contributed by atoms with Crippen LogP contribution in [0.5, 0.6) is 0 Å². The lowest BCUT2D eigenvalue weighted by Crippen LogP contribution is -2.47.